The summed E-state index contributed by atoms with van der Waals surface area (Å²) < 4.78 is 5.63. The molecule has 1 aromatic heterocycles. The van der Waals surface area contributed by atoms with Gasteiger partial charge in [0.05, 0.1) is 17.8 Å². The molecule has 122 valence electrons. The fourth-order valence-electron chi connectivity index (χ4n) is 2.96. The Morgan fingerprint density at radius 1 is 1.45 bits per heavy atom. The van der Waals surface area contributed by atoms with E-state index in [1.54, 1.807) is 11.3 Å². The zero-order valence-electron chi connectivity index (χ0n) is 13.2. The molecule has 2 unspecified atom stereocenters. The Kier molecular flexibility index (Phi) is 4.83. The first-order valence-corrected chi connectivity index (χ1v) is 8.85. The molecule has 0 spiro atoms. The molecule has 2 saturated heterocycles. The molecule has 2 amide bonds. The highest BCUT2D eigenvalue weighted by atomic mass is 32.1. The molecule has 2 aliphatic heterocycles. The molecule has 1 N–H and O–H groups in total. The number of thiazole rings is 1. The van der Waals surface area contributed by atoms with E-state index in [4.69, 9.17) is 4.74 Å². The van der Waals surface area contributed by atoms with Gasteiger partial charge in [-0.25, -0.2) is 9.78 Å². The van der Waals surface area contributed by atoms with Crippen LogP contribution in [0, 0.1) is 6.92 Å². The third-order valence-corrected chi connectivity index (χ3v) is 5.34. The third kappa shape index (κ3) is 3.52. The lowest BCUT2D eigenvalue weighted by molar-refractivity contribution is 0.0831. The highest BCUT2D eigenvalue weighted by Gasteiger charge is 2.27. The van der Waals surface area contributed by atoms with Crippen LogP contribution in [0.3, 0.4) is 0 Å². The van der Waals surface area contributed by atoms with Gasteiger partial charge in [-0.05, 0) is 26.7 Å². The van der Waals surface area contributed by atoms with Crippen LogP contribution in [0.2, 0.25) is 0 Å². The van der Waals surface area contributed by atoms with E-state index in [0.29, 0.717) is 0 Å². The van der Waals surface area contributed by atoms with Gasteiger partial charge in [-0.2, -0.15) is 0 Å². The van der Waals surface area contributed by atoms with Gasteiger partial charge in [0.25, 0.3) is 0 Å². The van der Waals surface area contributed by atoms with E-state index in [0.717, 1.165) is 56.5 Å². The first-order valence-electron chi connectivity index (χ1n) is 7.97. The Labute approximate surface area is 135 Å². The summed E-state index contributed by atoms with van der Waals surface area (Å²) in [7, 11) is 0. The number of amides is 2. The van der Waals surface area contributed by atoms with Crippen molar-refractivity contribution < 1.29 is 9.53 Å². The highest BCUT2D eigenvalue weighted by molar-refractivity contribution is 7.13. The average molecular weight is 324 g/mol. The molecule has 1 aromatic rings. The number of aromatic nitrogens is 1. The number of carbonyl (C=O) groups excluding carboxylic acids is 1. The average Bonchev–Trinajstić information content (AvgIpc) is 3.18. The summed E-state index contributed by atoms with van der Waals surface area (Å²) in [4.78, 5) is 21.0. The topological polar surface area (TPSA) is 57.7 Å². The van der Waals surface area contributed by atoms with Crippen LogP contribution in [0.15, 0.2) is 5.38 Å². The van der Waals surface area contributed by atoms with Crippen LogP contribution in [0.4, 0.5) is 9.93 Å². The summed E-state index contributed by atoms with van der Waals surface area (Å²) in [6.07, 6.45) is 2.30. The van der Waals surface area contributed by atoms with Gasteiger partial charge < -0.3 is 19.9 Å². The molecule has 7 heteroatoms. The lowest BCUT2D eigenvalue weighted by atomic mass is 10.1. The lowest BCUT2D eigenvalue weighted by Crippen LogP contribution is -2.54. The first kappa shape index (κ1) is 15.6. The molecule has 0 aliphatic carbocycles. The SMILES string of the molecule is Cc1csc(N2CCN(C(=O)NC(C)C3CCCO3)CC2)n1. The van der Waals surface area contributed by atoms with Crippen molar-refractivity contribution in [1.29, 1.82) is 0 Å². The van der Waals surface area contributed by atoms with Gasteiger partial charge in [0, 0.05) is 38.2 Å². The van der Waals surface area contributed by atoms with Crippen LogP contribution >= 0.6 is 11.3 Å². The standard InChI is InChI=1S/C15H24N4O2S/c1-11-10-22-15(16-11)19-7-5-18(6-8-19)14(20)17-12(2)13-4-3-9-21-13/h10,12-13H,3-9H2,1-2H3,(H,17,20). The smallest absolute Gasteiger partial charge is 0.317 e. The van der Waals surface area contributed by atoms with Crippen LogP contribution in [-0.2, 0) is 4.74 Å². The number of nitrogens with zero attached hydrogens (tertiary/aromatic N) is 3. The Balaban J connectivity index is 1.47. The van der Waals surface area contributed by atoms with Crippen molar-refractivity contribution in [1.82, 2.24) is 15.2 Å². The Morgan fingerprint density at radius 3 is 2.82 bits per heavy atom. The van der Waals surface area contributed by atoms with Gasteiger partial charge in [-0.3, -0.25) is 0 Å². The van der Waals surface area contributed by atoms with Crippen LogP contribution in [0.5, 0.6) is 0 Å². The largest absolute Gasteiger partial charge is 0.376 e. The molecule has 0 bridgehead atoms. The predicted octanol–water partition coefficient (Wildman–Crippen LogP) is 1.85. The number of carbonyl (C=O) groups is 1. The van der Waals surface area contributed by atoms with Crippen molar-refractivity contribution in [3.05, 3.63) is 11.1 Å². The summed E-state index contributed by atoms with van der Waals surface area (Å²) >= 11 is 1.67. The van der Waals surface area contributed by atoms with Crippen molar-refractivity contribution >= 4 is 22.5 Å². The number of aryl methyl sites for hydroxylation is 1. The van der Waals surface area contributed by atoms with Crippen molar-refractivity contribution in [3.8, 4) is 0 Å². The number of hydrogen-bond donors (Lipinski definition) is 1. The summed E-state index contributed by atoms with van der Waals surface area (Å²) in [6.45, 7) is 8.02. The molecule has 2 atom stereocenters. The van der Waals surface area contributed by atoms with Crippen LogP contribution in [0.25, 0.3) is 0 Å². The minimum Gasteiger partial charge on any atom is -0.376 e. The van der Waals surface area contributed by atoms with Gasteiger partial charge in [-0.1, -0.05) is 0 Å². The molecule has 0 saturated carbocycles. The minimum atomic E-state index is 0.0259. The van der Waals surface area contributed by atoms with Crippen molar-refractivity contribution in [2.24, 2.45) is 0 Å². The van der Waals surface area contributed by atoms with Crippen molar-refractivity contribution in [3.63, 3.8) is 0 Å². The van der Waals surface area contributed by atoms with Gasteiger partial charge in [-0.15, -0.1) is 11.3 Å². The van der Waals surface area contributed by atoms with Crippen LogP contribution < -0.4 is 10.2 Å². The molecule has 22 heavy (non-hydrogen) atoms. The second kappa shape index (κ2) is 6.83. The van der Waals surface area contributed by atoms with Gasteiger partial charge in [0.15, 0.2) is 5.13 Å². The summed E-state index contributed by atoms with van der Waals surface area (Å²) in [6, 6.07) is 0.104. The maximum absolute atomic E-state index is 12.3. The van der Waals surface area contributed by atoms with Crippen LogP contribution in [-0.4, -0.2) is 60.8 Å². The van der Waals surface area contributed by atoms with Gasteiger partial charge in [0.2, 0.25) is 0 Å². The van der Waals surface area contributed by atoms with E-state index in [9.17, 15) is 4.79 Å². The number of piperazine rings is 1. The molecule has 6 nitrogen and oxygen atoms in total. The van der Waals surface area contributed by atoms with E-state index in [-0.39, 0.29) is 18.2 Å². The molecule has 2 aliphatic rings. The maximum atomic E-state index is 12.3. The highest BCUT2D eigenvalue weighted by Crippen LogP contribution is 2.21. The molecule has 3 heterocycles. The van der Waals surface area contributed by atoms with E-state index < -0.39 is 0 Å². The number of anilines is 1. The molecule has 0 aromatic carbocycles. The fraction of sp³-hybridized carbons (Fsp3) is 0.733. The normalized spacial score (nSPS) is 23.6. The zero-order chi connectivity index (χ0) is 15.5. The lowest BCUT2D eigenvalue weighted by Gasteiger charge is -2.35. The monoisotopic (exact) mass is 324 g/mol. The van der Waals surface area contributed by atoms with E-state index in [1.165, 1.54) is 0 Å². The van der Waals surface area contributed by atoms with Gasteiger partial charge in [0.1, 0.15) is 0 Å². The summed E-state index contributed by atoms with van der Waals surface area (Å²) in [5.74, 6) is 0. The van der Waals surface area contributed by atoms with Gasteiger partial charge >= 0.3 is 6.03 Å². The van der Waals surface area contributed by atoms with Crippen LogP contribution in [0.1, 0.15) is 25.5 Å². The number of urea groups is 1. The zero-order valence-corrected chi connectivity index (χ0v) is 14.1. The molecular weight excluding hydrogens is 300 g/mol. The van der Waals surface area contributed by atoms with E-state index >= 15 is 0 Å². The quantitative estimate of drug-likeness (QED) is 0.922. The second-order valence-electron chi connectivity index (χ2n) is 6.04. The molecule has 3 rings (SSSR count). The Hall–Kier alpha value is -1.34. The minimum absolute atomic E-state index is 0.0259. The third-order valence-electron chi connectivity index (χ3n) is 4.32. The number of ether oxygens (including phenoxy) is 1. The van der Waals surface area contributed by atoms with E-state index in [1.807, 2.05) is 18.7 Å². The number of rotatable bonds is 3. The van der Waals surface area contributed by atoms with E-state index in [2.05, 4.69) is 20.6 Å². The van der Waals surface area contributed by atoms with Crippen molar-refractivity contribution in [2.75, 3.05) is 37.7 Å². The summed E-state index contributed by atoms with van der Waals surface area (Å²) in [5.41, 5.74) is 1.06. The molecule has 0 radical (unpaired) electrons. The summed E-state index contributed by atoms with van der Waals surface area (Å²) in [5, 5.41) is 6.21. The van der Waals surface area contributed by atoms with Crippen molar-refractivity contribution in [2.45, 2.75) is 38.8 Å². The maximum Gasteiger partial charge on any atom is 0.317 e. The number of nitrogens with one attached hydrogen (secondary N) is 1. The fourth-order valence-corrected chi connectivity index (χ4v) is 3.82. The predicted molar refractivity (Wildman–Crippen MR) is 87.6 cm³/mol. The second-order valence-corrected chi connectivity index (χ2v) is 6.87. The molecular formula is C15H24N4O2S. The molecule has 2 fully saturated rings. The Bertz CT molecular complexity index is 507. The number of hydrogen-bond acceptors (Lipinski definition) is 5. The Morgan fingerprint density at radius 2 is 2.23 bits per heavy atom. The first-order chi connectivity index (χ1) is 10.6.